The Morgan fingerprint density at radius 1 is 1.17 bits per heavy atom. The zero-order valence-corrected chi connectivity index (χ0v) is 13.5. The molecule has 0 radical (unpaired) electrons. The molecule has 2 saturated heterocycles. The maximum atomic E-state index is 12.6. The Kier molecular flexibility index (Phi) is 4.65. The Morgan fingerprint density at radius 3 is 2.42 bits per heavy atom. The van der Waals surface area contributed by atoms with Crippen molar-refractivity contribution in [3.05, 3.63) is 23.9 Å². The number of hydrogen-bond donors (Lipinski definition) is 1. The van der Waals surface area contributed by atoms with Crippen molar-refractivity contribution in [1.82, 2.24) is 9.88 Å². The molecule has 0 aromatic carbocycles. The minimum absolute atomic E-state index is 0.00579. The number of amides is 2. The molecular formula is C17H21N5O2. The molecule has 1 aromatic rings. The van der Waals surface area contributed by atoms with E-state index in [0.717, 1.165) is 31.7 Å². The van der Waals surface area contributed by atoms with Crippen LogP contribution in [0.5, 0.6) is 0 Å². The molecule has 0 bridgehead atoms. The molecule has 1 atom stereocenters. The van der Waals surface area contributed by atoms with Crippen molar-refractivity contribution in [3.8, 4) is 6.07 Å². The fourth-order valence-electron chi connectivity index (χ4n) is 3.45. The number of pyridine rings is 1. The molecule has 2 aliphatic heterocycles. The van der Waals surface area contributed by atoms with Gasteiger partial charge in [0.15, 0.2) is 0 Å². The van der Waals surface area contributed by atoms with Crippen molar-refractivity contribution >= 4 is 17.6 Å². The normalized spacial score (nSPS) is 21.5. The summed E-state index contributed by atoms with van der Waals surface area (Å²) in [7, 11) is 0. The molecule has 1 aromatic heterocycles. The van der Waals surface area contributed by atoms with E-state index in [1.54, 1.807) is 17.2 Å². The standard InChI is InChI=1S/C17H21N5O2/c18-9-12-1-2-15(20-10-12)21-6-3-13(4-7-21)17(24)22-8-5-14(11-22)16(19)23/h1-2,10,13-14H,3-8,11H2,(H2,19,23)/t14-/m0/s1. The SMILES string of the molecule is N#Cc1ccc(N2CCC(C(=O)N3CC[C@H](C(N)=O)C3)CC2)nc1. The highest BCUT2D eigenvalue weighted by molar-refractivity contribution is 5.82. The molecule has 7 heteroatoms. The van der Waals surface area contributed by atoms with E-state index in [4.69, 9.17) is 11.0 Å². The van der Waals surface area contributed by atoms with Gasteiger partial charge < -0.3 is 15.5 Å². The number of aromatic nitrogens is 1. The first kappa shape index (κ1) is 16.2. The zero-order valence-electron chi connectivity index (χ0n) is 13.5. The van der Waals surface area contributed by atoms with Crippen LogP contribution in [-0.2, 0) is 9.59 Å². The number of nitrogens with two attached hydrogens (primary N) is 1. The lowest BCUT2D eigenvalue weighted by Crippen LogP contribution is -2.42. The Labute approximate surface area is 141 Å². The highest BCUT2D eigenvalue weighted by atomic mass is 16.2. The van der Waals surface area contributed by atoms with E-state index in [1.807, 2.05) is 6.07 Å². The monoisotopic (exact) mass is 327 g/mol. The van der Waals surface area contributed by atoms with Crippen molar-refractivity contribution in [3.63, 3.8) is 0 Å². The molecule has 0 saturated carbocycles. The van der Waals surface area contributed by atoms with E-state index >= 15 is 0 Å². The average Bonchev–Trinajstić information content (AvgIpc) is 3.12. The number of likely N-dealkylation sites (tertiary alicyclic amines) is 1. The van der Waals surface area contributed by atoms with E-state index < -0.39 is 0 Å². The number of nitrogens with zero attached hydrogens (tertiary/aromatic N) is 4. The van der Waals surface area contributed by atoms with Crippen molar-refractivity contribution in [1.29, 1.82) is 5.26 Å². The first-order valence-electron chi connectivity index (χ1n) is 8.27. The molecule has 0 unspecified atom stereocenters. The second kappa shape index (κ2) is 6.87. The minimum atomic E-state index is -0.313. The zero-order chi connectivity index (χ0) is 17.1. The number of hydrogen-bond acceptors (Lipinski definition) is 5. The smallest absolute Gasteiger partial charge is 0.225 e. The van der Waals surface area contributed by atoms with Crippen LogP contribution in [0.25, 0.3) is 0 Å². The fourth-order valence-corrected chi connectivity index (χ4v) is 3.45. The lowest BCUT2D eigenvalue weighted by Gasteiger charge is -2.33. The van der Waals surface area contributed by atoms with Crippen molar-refractivity contribution in [2.45, 2.75) is 19.3 Å². The Hall–Kier alpha value is -2.62. The number of carbonyl (C=O) groups excluding carboxylic acids is 2. The van der Waals surface area contributed by atoms with E-state index in [1.165, 1.54) is 0 Å². The molecule has 2 amide bonds. The van der Waals surface area contributed by atoms with Gasteiger partial charge >= 0.3 is 0 Å². The Morgan fingerprint density at radius 2 is 1.88 bits per heavy atom. The van der Waals surface area contributed by atoms with Gasteiger partial charge in [0.05, 0.1) is 11.5 Å². The molecule has 3 rings (SSSR count). The molecule has 0 spiro atoms. The summed E-state index contributed by atoms with van der Waals surface area (Å²) in [5.41, 5.74) is 5.87. The van der Waals surface area contributed by atoms with Gasteiger partial charge in [-0.1, -0.05) is 0 Å². The van der Waals surface area contributed by atoms with Crippen molar-refractivity contribution < 1.29 is 9.59 Å². The molecule has 2 fully saturated rings. The van der Waals surface area contributed by atoms with Crippen LogP contribution in [0.15, 0.2) is 18.3 Å². The molecular weight excluding hydrogens is 306 g/mol. The fraction of sp³-hybridized carbons (Fsp3) is 0.529. The van der Waals surface area contributed by atoms with Crippen LogP contribution in [0.3, 0.4) is 0 Å². The summed E-state index contributed by atoms with van der Waals surface area (Å²) in [6.07, 6.45) is 3.80. The maximum Gasteiger partial charge on any atom is 0.225 e. The van der Waals surface area contributed by atoms with Crippen LogP contribution in [0, 0.1) is 23.2 Å². The summed E-state index contributed by atoms with van der Waals surface area (Å²) in [5, 5.41) is 8.82. The van der Waals surface area contributed by atoms with Crippen LogP contribution >= 0.6 is 0 Å². The van der Waals surface area contributed by atoms with Gasteiger partial charge in [0.25, 0.3) is 0 Å². The van der Waals surface area contributed by atoms with Gasteiger partial charge in [-0.05, 0) is 31.4 Å². The summed E-state index contributed by atoms with van der Waals surface area (Å²) in [6.45, 7) is 2.63. The number of rotatable bonds is 3. The number of primary amides is 1. The number of nitriles is 1. The van der Waals surface area contributed by atoms with Gasteiger partial charge in [-0.3, -0.25) is 9.59 Å². The highest BCUT2D eigenvalue weighted by Gasteiger charge is 2.34. The highest BCUT2D eigenvalue weighted by Crippen LogP contribution is 2.26. The van der Waals surface area contributed by atoms with Gasteiger partial charge in [0.2, 0.25) is 11.8 Å². The third-order valence-corrected chi connectivity index (χ3v) is 4.95. The minimum Gasteiger partial charge on any atom is -0.369 e. The summed E-state index contributed by atoms with van der Waals surface area (Å²) in [4.78, 5) is 32.1. The Balaban J connectivity index is 1.54. The van der Waals surface area contributed by atoms with E-state index in [9.17, 15) is 9.59 Å². The second-order valence-corrected chi connectivity index (χ2v) is 6.45. The molecule has 0 aliphatic carbocycles. The first-order chi connectivity index (χ1) is 11.6. The van der Waals surface area contributed by atoms with E-state index in [0.29, 0.717) is 25.1 Å². The number of piperidine rings is 1. The molecule has 2 N–H and O–H groups in total. The molecule has 3 heterocycles. The van der Waals surface area contributed by atoms with Crippen molar-refractivity contribution in [2.24, 2.45) is 17.6 Å². The van der Waals surface area contributed by atoms with Crippen molar-refractivity contribution in [2.75, 3.05) is 31.1 Å². The van der Waals surface area contributed by atoms with Crippen LogP contribution in [0.4, 0.5) is 5.82 Å². The van der Waals surface area contributed by atoms with Crippen LogP contribution < -0.4 is 10.6 Å². The van der Waals surface area contributed by atoms with Gasteiger partial charge in [0.1, 0.15) is 11.9 Å². The first-order valence-corrected chi connectivity index (χ1v) is 8.27. The maximum absolute atomic E-state index is 12.6. The third kappa shape index (κ3) is 3.32. The van der Waals surface area contributed by atoms with E-state index in [2.05, 4.69) is 16.0 Å². The topological polar surface area (TPSA) is 103 Å². The predicted molar refractivity (Wildman–Crippen MR) is 87.8 cm³/mol. The largest absolute Gasteiger partial charge is 0.369 e. The van der Waals surface area contributed by atoms with Gasteiger partial charge in [-0.15, -0.1) is 0 Å². The molecule has 7 nitrogen and oxygen atoms in total. The quantitative estimate of drug-likeness (QED) is 0.871. The van der Waals surface area contributed by atoms with Gasteiger partial charge in [-0.2, -0.15) is 5.26 Å². The van der Waals surface area contributed by atoms with E-state index in [-0.39, 0.29) is 23.7 Å². The van der Waals surface area contributed by atoms with Crippen LogP contribution in [0.2, 0.25) is 0 Å². The lowest BCUT2D eigenvalue weighted by molar-refractivity contribution is -0.135. The summed E-state index contributed by atoms with van der Waals surface area (Å²) in [5.74, 6) is 0.483. The number of carbonyl (C=O) groups is 2. The second-order valence-electron chi connectivity index (χ2n) is 6.45. The number of anilines is 1. The van der Waals surface area contributed by atoms with Crippen LogP contribution in [-0.4, -0.2) is 47.9 Å². The summed E-state index contributed by atoms with van der Waals surface area (Å²) < 4.78 is 0. The van der Waals surface area contributed by atoms with Gasteiger partial charge in [0, 0.05) is 38.3 Å². The third-order valence-electron chi connectivity index (χ3n) is 4.95. The Bertz CT molecular complexity index is 659. The van der Waals surface area contributed by atoms with Crippen LogP contribution in [0.1, 0.15) is 24.8 Å². The average molecular weight is 327 g/mol. The lowest BCUT2D eigenvalue weighted by atomic mass is 9.95. The summed E-state index contributed by atoms with van der Waals surface area (Å²) >= 11 is 0. The summed E-state index contributed by atoms with van der Waals surface area (Å²) in [6, 6.07) is 5.66. The molecule has 2 aliphatic rings. The molecule has 126 valence electrons. The molecule has 24 heavy (non-hydrogen) atoms. The predicted octanol–water partition coefficient (Wildman–Crippen LogP) is 0.503. The van der Waals surface area contributed by atoms with Gasteiger partial charge in [-0.25, -0.2) is 4.98 Å².